The van der Waals surface area contributed by atoms with Crippen LogP contribution in [-0.4, -0.2) is 26.8 Å². The Morgan fingerprint density at radius 2 is 1.89 bits per heavy atom. The van der Waals surface area contributed by atoms with Gasteiger partial charge in [0.15, 0.2) is 5.82 Å². The molecular weight excluding hydrogens is 226 g/mol. The monoisotopic (exact) mass is 249 g/mol. The molecule has 100 valence electrons. The number of aromatic nitrogens is 3. The van der Waals surface area contributed by atoms with E-state index in [1.807, 2.05) is 0 Å². The van der Waals surface area contributed by atoms with E-state index in [-0.39, 0.29) is 5.54 Å². The van der Waals surface area contributed by atoms with Gasteiger partial charge in [0, 0.05) is 11.6 Å². The van der Waals surface area contributed by atoms with Crippen LogP contribution in [0.4, 0.5) is 11.8 Å². The quantitative estimate of drug-likeness (QED) is 0.862. The molecule has 0 radical (unpaired) electrons. The van der Waals surface area contributed by atoms with E-state index in [1.54, 1.807) is 6.20 Å². The molecule has 5 heteroatoms. The SMILES string of the molecule is CC(C)(C)Nc1nncc(NC2CCCCC2)n1. The fraction of sp³-hybridized carbons (Fsp3) is 0.769. The van der Waals surface area contributed by atoms with Crippen LogP contribution in [0.25, 0.3) is 0 Å². The third kappa shape index (κ3) is 4.13. The minimum Gasteiger partial charge on any atom is -0.366 e. The van der Waals surface area contributed by atoms with Crippen molar-refractivity contribution in [3.8, 4) is 0 Å². The summed E-state index contributed by atoms with van der Waals surface area (Å²) >= 11 is 0. The van der Waals surface area contributed by atoms with Crippen LogP contribution in [-0.2, 0) is 0 Å². The molecule has 1 aliphatic carbocycles. The lowest BCUT2D eigenvalue weighted by Crippen LogP contribution is -2.28. The highest BCUT2D eigenvalue weighted by atomic mass is 15.3. The van der Waals surface area contributed by atoms with Gasteiger partial charge in [-0.2, -0.15) is 10.1 Å². The molecule has 1 aromatic heterocycles. The van der Waals surface area contributed by atoms with Crippen molar-refractivity contribution in [2.75, 3.05) is 10.6 Å². The molecule has 0 aliphatic heterocycles. The lowest BCUT2D eigenvalue weighted by molar-refractivity contribution is 0.461. The number of nitrogens with one attached hydrogen (secondary N) is 2. The largest absolute Gasteiger partial charge is 0.366 e. The summed E-state index contributed by atoms with van der Waals surface area (Å²) < 4.78 is 0. The van der Waals surface area contributed by atoms with Gasteiger partial charge in [-0.25, -0.2) is 0 Å². The Morgan fingerprint density at radius 3 is 2.56 bits per heavy atom. The summed E-state index contributed by atoms with van der Waals surface area (Å²) in [7, 11) is 0. The molecule has 1 aliphatic rings. The second-order valence-corrected chi connectivity index (χ2v) is 6.02. The molecule has 0 saturated heterocycles. The topological polar surface area (TPSA) is 62.7 Å². The van der Waals surface area contributed by atoms with Crippen molar-refractivity contribution < 1.29 is 0 Å². The second kappa shape index (κ2) is 5.50. The van der Waals surface area contributed by atoms with Crippen molar-refractivity contribution in [3.05, 3.63) is 6.20 Å². The molecule has 5 nitrogen and oxygen atoms in total. The fourth-order valence-corrected chi connectivity index (χ4v) is 2.22. The van der Waals surface area contributed by atoms with Crippen LogP contribution in [0.15, 0.2) is 6.20 Å². The standard InChI is InChI=1S/C13H23N5/c1-13(2,3)17-12-16-11(9-14-18-12)15-10-7-5-4-6-8-10/h9-10H,4-8H2,1-3H3,(H2,15,16,17,18). The molecule has 1 saturated carbocycles. The van der Waals surface area contributed by atoms with E-state index < -0.39 is 0 Å². The number of hydrogen-bond acceptors (Lipinski definition) is 5. The van der Waals surface area contributed by atoms with E-state index in [0.717, 1.165) is 5.82 Å². The van der Waals surface area contributed by atoms with Gasteiger partial charge in [-0.1, -0.05) is 19.3 Å². The average Bonchev–Trinajstić information content (AvgIpc) is 2.28. The van der Waals surface area contributed by atoms with Crippen LogP contribution in [0.3, 0.4) is 0 Å². The van der Waals surface area contributed by atoms with Gasteiger partial charge in [-0.3, -0.25) is 0 Å². The third-order valence-corrected chi connectivity index (χ3v) is 3.00. The van der Waals surface area contributed by atoms with E-state index in [9.17, 15) is 0 Å². The number of anilines is 2. The van der Waals surface area contributed by atoms with Gasteiger partial charge in [0.2, 0.25) is 5.95 Å². The van der Waals surface area contributed by atoms with Crippen LogP contribution < -0.4 is 10.6 Å². The Labute approximate surface area is 109 Å². The smallest absolute Gasteiger partial charge is 0.245 e. The fourth-order valence-electron chi connectivity index (χ4n) is 2.22. The Hall–Kier alpha value is -1.39. The number of nitrogens with zero attached hydrogens (tertiary/aromatic N) is 3. The maximum atomic E-state index is 4.46. The van der Waals surface area contributed by atoms with Crippen molar-refractivity contribution in [1.29, 1.82) is 0 Å². The molecule has 0 bridgehead atoms. The summed E-state index contributed by atoms with van der Waals surface area (Å²) in [5.41, 5.74) is -0.0505. The molecule has 1 aromatic rings. The van der Waals surface area contributed by atoms with Crippen molar-refractivity contribution in [2.24, 2.45) is 0 Å². The molecule has 2 rings (SSSR count). The summed E-state index contributed by atoms with van der Waals surface area (Å²) in [6.45, 7) is 6.24. The lowest BCUT2D eigenvalue weighted by atomic mass is 9.96. The van der Waals surface area contributed by atoms with E-state index in [1.165, 1.54) is 32.1 Å². The average molecular weight is 249 g/mol. The molecule has 0 atom stereocenters. The summed E-state index contributed by atoms with van der Waals surface area (Å²) in [5.74, 6) is 1.41. The highest BCUT2D eigenvalue weighted by Crippen LogP contribution is 2.21. The van der Waals surface area contributed by atoms with Gasteiger partial charge in [0.25, 0.3) is 0 Å². The van der Waals surface area contributed by atoms with E-state index in [2.05, 4.69) is 46.6 Å². The summed E-state index contributed by atoms with van der Waals surface area (Å²) in [6, 6.07) is 0.540. The zero-order valence-corrected chi connectivity index (χ0v) is 11.5. The number of hydrogen-bond donors (Lipinski definition) is 2. The molecule has 18 heavy (non-hydrogen) atoms. The number of rotatable bonds is 3. The predicted octanol–water partition coefficient (Wildman–Crippen LogP) is 2.83. The van der Waals surface area contributed by atoms with Crippen LogP contribution in [0.2, 0.25) is 0 Å². The van der Waals surface area contributed by atoms with Crippen LogP contribution in [0, 0.1) is 0 Å². The summed E-state index contributed by atoms with van der Waals surface area (Å²) in [5, 5.41) is 14.7. The Balaban J connectivity index is 1.98. The molecule has 0 unspecified atom stereocenters. The molecular formula is C13H23N5. The first-order valence-electron chi connectivity index (χ1n) is 6.77. The summed E-state index contributed by atoms with van der Waals surface area (Å²) in [6.07, 6.45) is 8.13. The molecule has 2 N–H and O–H groups in total. The van der Waals surface area contributed by atoms with Gasteiger partial charge in [-0.15, -0.1) is 5.10 Å². The Morgan fingerprint density at radius 1 is 1.17 bits per heavy atom. The maximum Gasteiger partial charge on any atom is 0.245 e. The molecule has 1 fully saturated rings. The van der Waals surface area contributed by atoms with Gasteiger partial charge >= 0.3 is 0 Å². The zero-order valence-electron chi connectivity index (χ0n) is 11.5. The highest BCUT2D eigenvalue weighted by Gasteiger charge is 2.15. The second-order valence-electron chi connectivity index (χ2n) is 6.02. The molecule has 0 amide bonds. The molecule has 1 heterocycles. The van der Waals surface area contributed by atoms with Crippen LogP contribution >= 0.6 is 0 Å². The first kappa shape index (κ1) is 13.1. The first-order chi connectivity index (χ1) is 8.53. The van der Waals surface area contributed by atoms with E-state index >= 15 is 0 Å². The van der Waals surface area contributed by atoms with Crippen molar-refractivity contribution in [2.45, 2.75) is 64.5 Å². The predicted molar refractivity (Wildman–Crippen MR) is 73.7 cm³/mol. The van der Waals surface area contributed by atoms with Gasteiger partial charge in [-0.05, 0) is 33.6 Å². The van der Waals surface area contributed by atoms with E-state index in [4.69, 9.17) is 0 Å². The minimum absolute atomic E-state index is 0.0505. The normalized spacial score (nSPS) is 17.5. The maximum absolute atomic E-state index is 4.46. The lowest BCUT2D eigenvalue weighted by Gasteiger charge is -2.24. The molecule has 0 aromatic carbocycles. The van der Waals surface area contributed by atoms with Crippen molar-refractivity contribution >= 4 is 11.8 Å². The third-order valence-electron chi connectivity index (χ3n) is 3.00. The summed E-state index contributed by atoms with van der Waals surface area (Å²) in [4.78, 5) is 4.46. The van der Waals surface area contributed by atoms with Gasteiger partial charge in [0.1, 0.15) is 0 Å². The Kier molecular flexibility index (Phi) is 3.99. The first-order valence-corrected chi connectivity index (χ1v) is 6.77. The van der Waals surface area contributed by atoms with Gasteiger partial charge < -0.3 is 10.6 Å². The Bertz CT molecular complexity index is 379. The molecule has 0 spiro atoms. The van der Waals surface area contributed by atoms with Gasteiger partial charge in [0.05, 0.1) is 6.20 Å². The zero-order chi connectivity index (χ0) is 13.0. The van der Waals surface area contributed by atoms with Crippen LogP contribution in [0.1, 0.15) is 52.9 Å². The van der Waals surface area contributed by atoms with Crippen molar-refractivity contribution in [3.63, 3.8) is 0 Å². The van der Waals surface area contributed by atoms with Crippen molar-refractivity contribution in [1.82, 2.24) is 15.2 Å². The van der Waals surface area contributed by atoms with Crippen LogP contribution in [0.5, 0.6) is 0 Å². The highest BCUT2D eigenvalue weighted by molar-refractivity contribution is 5.38. The van der Waals surface area contributed by atoms with E-state index in [0.29, 0.717) is 12.0 Å². The minimum atomic E-state index is -0.0505.